The molecule has 3 N–H and O–H groups in total. The van der Waals surface area contributed by atoms with Gasteiger partial charge in [-0.05, 0) is 22.8 Å². The minimum Gasteiger partial charge on any atom is -0.423 e. The minimum absolute atomic E-state index is 0.364. The molecule has 4 aromatic carbocycles. The molecule has 0 radical (unpaired) electrons. The smallest absolute Gasteiger partial charge is 0.423 e. The van der Waals surface area contributed by atoms with E-state index in [1.807, 2.05) is 71.7 Å². The average molecular weight is 434 g/mol. The molecule has 0 saturated heterocycles. The van der Waals surface area contributed by atoms with E-state index in [-0.39, 0.29) is 0 Å². The maximum atomic E-state index is 10.0. The lowest BCUT2D eigenvalue weighted by Gasteiger charge is -2.46. The van der Waals surface area contributed by atoms with Crippen LogP contribution in [0.4, 0.5) is 5.69 Å². The maximum absolute atomic E-state index is 10.0. The molecule has 0 amide bonds. The number of nitrogens with one attached hydrogen (secondary N) is 1. The fraction of sp³-hybridized carbons (Fsp3) is 0.0385. The Balaban J connectivity index is 1.81. The lowest BCUT2D eigenvalue weighted by Crippen LogP contribution is -2.58. The predicted molar refractivity (Wildman–Crippen MR) is 131 cm³/mol. The van der Waals surface area contributed by atoms with Crippen molar-refractivity contribution < 1.29 is 10.0 Å². The number of hydrogen-bond donors (Lipinski definition) is 3. The Morgan fingerprint density at radius 2 is 1.09 bits per heavy atom. The third-order valence-corrected chi connectivity index (χ3v) is 5.90. The van der Waals surface area contributed by atoms with Crippen molar-refractivity contribution in [2.24, 2.45) is 5.10 Å². The predicted octanol–water partition coefficient (Wildman–Crippen LogP) is 2.84. The van der Waals surface area contributed by atoms with Crippen LogP contribution in [-0.4, -0.2) is 28.5 Å². The third-order valence-electron chi connectivity index (χ3n) is 5.90. The minimum atomic E-state index is -1.63. The first-order valence-electron chi connectivity index (χ1n) is 10.7. The quantitative estimate of drug-likeness (QED) is 0.322. The molecule has 6 nitrogen and oxygen atoms in total. The highest BCUT2D eigenvalue weighted by molar-refractivity contribution is 6.60. The Morgan fingerprint density at radius 3 is 1.58 bits per heavy atom. The Morgan fingerprint density at radius 1 is 0.636 bits per heavy atom. The number of nitrogens with zero attached hydrogens (tertiary/aromatic N) is 3. The molecular formula is C26H23BN4O2. The summed E-state index contributed by atoms with van der Waals surface area (Å²) in [7, 11) is -1.63. The van der Waals surface area contributed by atoms with Gasteiger partial charge >= 0.3 is 7.12 Å². The fourth-order valence-electron chi connectivity index (χ4n) is 4.48. The molecule has 4 aromatic rings. The molecule has 162 valence electrons. The first-order chi connectivity index (χ1) is 16.2. The monoisotopic (exact) mass is 434 g/mol. The summed E-state index contributed by atoms with van der Waals surface area (Å²) >= 11 is 0. The van der Waals surface area contributed by atoms with Crippen LogP contribution < -0.4 is 16.1 Å². The highest BCUT2D eigenvalue weighted by Gasteiger charge is 2.46. The fourth-order valence-corrected chi connectivity index (χ4v) is 4.48. The van der Waals surface area contributed by atoms with Crippen molar-refractivity contribution in [1.82, 2.24) is 10.5 Å². The summed E-state index contributed by atoms with van der Waals surface area (Å²) in [6, 6.07) is 37.8. The molecule has 5 rings (SSSR count). The lowest BCUT2D eigenvalue weighted by atomic mass is 9.76. The van der Waals surface area contributed by atoms with Crippen molar-refractivity contribution in [3.05, 3.63) is 132 Å². The summed E-state index contributed by atoms with van der Waals surface area (Å²) in [6.07, 6.45) is 1.73. The van der Waals surface area contributed by atoms with Crippen LogP contribution in [0.25, 0.3) is 0 Å². The molecule has 1 heterocycles. The van der Waals surface area contributed by atoms with Crippen LogP contribution in [0.1, 0.15) is 16.7 Å². The second-order valence-corrected chi connectivity index (χ2v) is 7.74. The van der Waals surface area contributed by atoms with E-state index in [9.17, 15) is 10.0 Å². The largest absolute Gasteiger partial charge is 0.490 e. The van der Waals surface area contributed by atoms with Gasteiger partial charge in [0.15, 0.2) is 0 Å². The van der Waals surface area contributed by atoms with Gasteiger partial charge in [0.1, 0.15) is 11.9 Å². The SMILES string of the molecule is OB(O)c1ccccc1N1NN=CN1C(c1ccccc1)(c1ccccc1)c1ccccc1. The van der Waals surface area contributed by atoms with E-state index in [0.717, 1.165) is 16.7 Å². The van der Waals surface area contributed by atoms with Crippen molar-refractivity contribution >= 4 is 24.6 Å². The zero-order chi connectivity index (χ0) is 22.7. The van der Waals surface area contributed by atoms with Crippen LogP contribution in [0.3, 0.4) is 0 Å². The van der Waals surface area contributed by atoms with E-state index in [4.69, 9.17) is 0 Å². The van der Waals surface area contributed by atoms with E-state index < -0.39 is 12.7 Å². The summed E-state index contributed by atoms with van der Waals surface area (Å²) in [5, 5.41) is 28.2. The van der Waals surface area contributed by atoms with Gasteiger partial charge < -0.3 is 10.0 Å². The van der Waals surface area contributed by atoms with Crippen LogP contribution >= 0.6 is 0 Å². The zero-order valence-corrected chi connectivity index (χ0v) is 17.9. The lowest BCUT2D eigenvalue weighted by molar-refractivity contribution is 0.248. The molecule has 1 aliphatic rings. The van der Waals surface area contributed by atoms with E-state index in [1.165, 1.54) is 0 Å². The highest BCUT2D eigenvalue weighted by Crippen LogP contribution is 2.43. The average Bonchev–Trinajstić information content (AvgIpc) is 3.36. The number of hydrazine groups is 2. The molecule has 0 unspecified atom stereocenters. The molecule has 1 aliphatic heterocycles. The topological polar surface area (TPSA) is 71.3 Å². The van der Waals surface area contributed by atoms with Crippen molar-refractivity contribution in [2.75, 3.05) is 5.12 Å². The molecule has 0 fully saturated rings. The molecule has 0 saturated carbocycles. The molecule has 0 aromatic heterocycles. The van der Waals surface area contributed by atoms with Crippen LogP contribution in [0.2, 0.25) is 0 Å². The van der Waals surface area contributed by atoms with Gasteiger partial charge in [-0.3, -0.25) is 0 Å². The van der Waals surface area contributed by atoms with Gasteiger partial charge in [0.25, 0.3) is 0 Å². The molecule has 0 atom stereocenters. The number of anilines is 1. The van der Waals surface area contributed by atoms with Crippen LogP contribution in [-0.2, 0) is 5.54 Å². The van der Waals surface area contributed by atoms with Gasteiger partial charge in [0.05, 0.1) is 5.69 Å². The molecule has 7 heteroatoms. The molecule has 0 spiro atoms. The van der Waals surface area contributed by atoms with Gasteiger partial charge in [-0.2, -0.15) is 10.7 Å². The van der Waals surface area contributed by atoms with Gasteiger partial charge in [0.2, 0.25) is 0 Å². The van der Waals surface area contributed by atoms with Crippen LogP contribution in [0.5, 0.6) is 0 Å². The highest BCUT2D eigenvalue weighted by atomic mass is 16.4. The van der Waals surface area contributed by atoms with Crippen LogP contribution in [0, 0.1) is 0 Å². The number of rotatable bonds is 6. The number of benzene rings is 4. The molecule has 33 heavy (non-hydrogen) atoms. The summed E-state index contributed by atoms with van der Waals surface area (Å²) in [6.45, 7) is 0. The maximum Gasteiger partial charge on any atom is 0.490 e. The summed E-state index contributed by atoms with van der Waals surface area (Å²) in [5.74, 6) is 0. The van der Waals surface area contributed by atoms with Gasteiger partial charge in [-0.1, -0.05) is 109 Å². The molecular weight excluding hydrogens is 411 g/mol. The van der Waals surface area contributed by atoms with E-state index in [2.05, 4.69) is 47.0 Å². The molecule has 0 bridgehead atoms. The van der Waals surface area contributed by atoms with Crippen LogP contribution in [0.15, 0.2) is 120 Å². The Kier molecular flexibility index (Phi) is 5.56. The first-order valence-corrected chi connectivity index (χ1v) is 10.7. The second kappa shape index (κ2) is 8.82. The van der Waals surface area contributed by atoms with Gasteiger partial charge in [-0.15, -0.1) is 5.10 Å². The Hall–Kier alpha value is -4.07. The van der Waals surface area contributed by atoms with Crippen molar-refractivity contribution in [1.29, 1.82) is 0 Å². The first kappa shape index (κ1) is 20.8. The third kappa shape index (κ3) is 3.53. The van der Waals surface area contributed by atoms with E-state index in [1.54, 1.807) is 23.6 Å². The number of para-hydroxylation sites is 1. The second-order valence-electron chi connectivity index (χ2n) is 7.74. The number of hydrogen-bond acceptors (Lipinski definition) is 6. The zero-order valence-electron chi connectivity index (χ0n) is 17.9. The van der Waals surface area contributed by atoms with Crippen molar-refractivity contribution in [3.8, 4) is 0 Å². The molecule has 0 aliphatic carbocycles. The summed E-state index contributed by atoms with van der Waals surface area (Å²) < 4.78 is 0. The Bertz CT molecular complexity index is 1140. The van der Waals surface area contributed by atoms with Crippen molar-refractivity contribution in [2.45, 2.75) is 5.54 Å². The van der Waals surface area contributed by atoms with E-state index >= 15 is 0 Å². The summed E-state index contributed by atoms with van der Waals surface area (Å²) in [4.78, 5) is 0. The standard InChI is InChI=1S/C26H23BN4O2/c32-27(33)24-18-10-11-19-25(24)31-29-28-20-30(31)26(21-12-4-1-5-13-21,22-14-6-2-7-15-22)23-16-8-3-9-17-23/h1-20,29,32-33H. The normalized spacial score (nSPS) is 13.2. The van der Waals surface area contributed by atoms with Gasteiger partial charge in [0, 0.05) is 5.46 Å². The summed E-state index contributed by atoms with van der Waals surface area (Å²) in [5.41, 5.74) is 6.28. The van der Waals surface area contributed by atoms with Gasteiger partial charge in [-0.25, -0.2) is 5.01 Å². The number of hydrazone groups is 1. The van der Waals surface area contributed by atoms with E-state index in [0.29, 0.717) is 11.2 Å². The Labute approximate surface area is 193 Å². The van der Waals surface area contributed by atoms with Crippen molar-refractivity contribution in [3.63, 3.8) is 0 Å².